The molecule has 0 atom stereocenters. The Morgan fingerprint density at radius 3 is 2.61 bits per heavy atom. The van der Waals surface area contributed by atoms with Crippen LogP contribution in [0.25, 0.3) is 0 Å². The molecule has 2 N–H and O–H groups in total. The van der Waals surface area contributed by atoms with Gasteiger partial charge in [0.25, 0.3) is 0 Å². The number of aromatic nitrogens is 2. The van der Waals surface area contributed by atoms with E-state index in [9.17, 15) is 0 Å². The van der Waals surface area contributed by atoms with E-state index in [0.717, 1.165) is 18.9 Å². The first kappa shape index (κ1) is 13.6. The van der Waals surface area contributed by atoms with Crippen LogP contribution in [0.3, 0.4) is 0 Å². The molecule has 4 heteroatoms. The lowest BCUT2D eigenvalue weighted by Crippen LogP contribution is -2.52. The molecule has 4 nitrogen and oxygen atoms in total. The molecular formula is C14H26N4. The van der Waals surface area contributed by atoms with E-state index in [-0.39, 0.29) is 0 Å². The van der Waals surface area contributed by atoms with Crippen molar-refractivity contribution in [2.75, 3.05) is 20.6 Å². The molecule has 0 amide bonds. The lowest BCUT2D eigenvalue weighted by molar-refractivity contribution is 0.0983. The van der Waals surface area contributed by atoms with Crippen LogP contribution in [-0.4, -0.2) is 41.0 Å². The van der Waals surface area contributed by atoms with E-state index in [1.54, 1.807) is 0 Å². The van der Waals surface area contributed by atoms with Crippen LogP contribution in [0.1, 0.15) is 43.6 Å². The van der Waals surface area contributed by atoms with Crippen LogP contribution in [0.15, 0.2) is 6.20 Å². The molecular weight excluding hydrogens is 224 g/mol. The summed E-state index contributed by atoms with van der Waals surface area (Å²) in [5.41, 5.74) is 1.53. The van der Waals surface area contributed by atoms with Crippen molar-refractivity contribution < 1.29 is 0 Å². The fourth-order valence-corrected chi connectivity index (χ4v) is 2.98. The summed E-state index contributed by atoms with van der Waals surface area (Å²) in [4.78, 5) is 9.91. The summed E-state index contributed by atoms with van der Waals surface area (Å²) in [6, 6.07) is 0. The van der Waals surface area contributed by atoms with Gasteiger partial charge in [0.05, 0.1) is 0 Å². The lowest BCUT2D eigenvalue weighted by atomic mass is 9.80. The summed E-state index contributed by atoms with van der Waals surface area (Å²) >= 11 is 0. The third-order valence-electron chi connectivity index (χ3n) is 4.26. The van der Waals surface area contributed by atoms with Gasteiger partial charge in [-0.3, -0.25) is 0 Å². The van der Waals surface area contributed by atoms with Crippen molar-refractivity contribution >= 4 is 0 Å². The summed E-state index contributed by atoms with van der Waals surface area (Å²) in [7, 11) is 4.43. The van der Waals surface area contributed by atoms with Crippen LogP contribution >= 0.6 is 0 Å². The molecule has 0 bridgehead atoms. The van der Waals surface area contributed by atoms with E-state index in [1.165, 1.54) is 37.8 Å². The minimum Gasteiger partial charge on any atom is -0.345 e. The van der Waals surface area contributed by atoms with Crippen molar-refractivity contribution in [1.29, 1.82) is 0 Å². The first-order valence-corrected chi connectivity index (χ1v) is 7.01. The Morgan fingerprint density at radius 2 is 2.06 bits per heavy atom. The predicted molar refractivity (Wildman–Crippen MR) is 74.5 cm³/mol. The molecule has 1 heterocycles. The summed E-state index contributed by atoms with van der Waals surface area (Å²) in [5.74, 6) is 0.992. The highest BCUT2D eigenvalue weighted by molar-refractivity contribution is 5.00. The fraction of sp³-hybridized carbons (Fsp3) is 0.786. The van der Waals surface area contributed by atoms with Crippen LogP contribution in [0.2, 0.25) is 0 Å². The molecule has 0 aromatic carbocycles. The van der Waals surface area contributed by atoms with Gasteiger partial charge in [0.2, 0.25) is 0 Å². The Balaban J connectivity index is 1.86. The number of hydrogen-bond acceptors (Lipinski definition) is 3. The molecule has 0 saturated heterocycles. The van der Waals surface area contributed by atoms with E-state index in [0.29, 0.717) is 5.54 Å². The van der Waals surface area contributed by atoms with Gasteiger partial charge in [0.1, 0.15) is 5.82 Å². The molecule has 0 aliphatic heterocycles. The van der Waals surface area contributed by atoms with Crippen LogP contribution in [0.5, 0.6) is 0 Å². The van der Waals surface area contributed by atoms with Crippen molar-refractivity contribution in [1.82, 2.24) is 20.2 Å². The Hall–Kier alpha value is -0.870. The van der Waals surface area contributed by atoms with E-state index in [2.05, 4.69) is 34.3 Å². The normalized spacial score (nSPS) is 19.3. The van der Waals surface area contributed by atoms with E-state index < -0.39 is 0 Å². The van der Waals surface area contributed by atoms with Gasteiger partial charge in [0.15, 0.2) is 0 Å². The first-order valence-electron chi connectivity index (χ1n) is 7.01. The predicted octanol–water partition coefficient (Wildman–Crippen LogP) is 2.07. The molecule has 2 rings (SSSR count). The number of H-pyrrole nitrogens is 1. The molecule has 1 aromatic rings. The van der Waals surface area contributed by atoms with E-state index in [4.69, 9.17) is 0 Å². The average Bonchev–Trinajstić information content (AvgIpc) is 2.76. The molecule has 102 valence electrons. The van der Waals surface area contributed by atoms with Gasteiger partial charge in [-0.15, -0.1) is 0 Å². The topological polar surface area (TPSA) is 44.0 Å². The highest BCUT2D eigenvalue weighted by atomic mass is 15.2. The van der Waals surface area contributed by atoms with Crippen LogP contribution in [0.4, 0.5) is 0 Å². The maximum Gasteiger partial charge on any atom is 0.103 e. The molecule has 1 saturated carbocycles. The van der Waals surface area contributed by atoms with E-state index in [1.807, 2.05) is 13.1 Å². The Kier molecular flexibility index (Phi) is 4.40. The largest absolute Gasteiger partial charge is 0.345 e. The van der Waals surface area contributed by atoms with Gasteiger partial charge in [-0.05, 0) is 33.9 Å². The number of nitrogens with zero attached hydrogens (tertiary/aromatic N) is 2. The second kappa shape index (κ2) is 5.85. The molecule has 0 spiro atoms. The molecule has 1 fully saturated rings. The Morgan fingerprint density at radius 1 is 1.33 bits per heavy atom. The number of likely N-dealkylation sites (N-methyl/N-ethyl adjacent to an activating group) is 1. The Labute approximate surface area is 110 Å². The van der Waals surface area contributed by atoms with Crippen LogP contribution in [-0.2, 0) is 6.54 Å². The minimum absolute atomic E-state index is 0.354. The van der Waals surface area contributed by atoms with E-state index >= 15 is 0 Å². The van der Waals surface area contributed by atoms with Crippen molar-refractivity contribution in [3.05, 3.63) is 17.7 Å². The minimum atomic E-state index is 0.354. The molecule has 18 heavy (non-hydrogen) atoms. The average molecular weight is 250 g/mol. The summed E-state index contributed by atoms with van der Waals surface area (Å²) < 4.78 is 0. The second-order valence-corrected chi connectivity index (χ2v) is 5.78. The van der Waals surface area contributed by atoms with Crippen molar-refractivity contribution in [3.63, 3.8) is 0 Å². The van der Waals surface area contributed by atoms with Gasteiger partial charge >= 0.3 is 0 Å². The highest BCUT2D eigenvalue weighted by Crippen LogP contribution is 2.31. The van der Waals surface area contributed by atoms with Gasteiger partial charge in [-0.1, -0.05) is 19.3 Å². The van der Waals surface area contributed by atoms with Gasteiger partial charge in [0, 0.05) is 30.5 Å². The molecule has 1 aliphatic carbocycles. The molecule has 1 aromatic heterocycles. The van der Waals surface area contributed by atoms with Crippen LogP contribution in [0, 0.1) is 6.92 Å². The number of imidazole rings is 1. The number of rotatable bonds is 5. The third kappa shape index (κ3) is 3.12. The number of aryl methyl sites for hydroxylation is 1. The molecule has 1 aliphatic rings. The number of hydrogen-bond donors (Lipinski definition) is 2. The zero-order chi connectivity index (χ0) is 13.0. The number of aromatic amines is 1. The van der Waals surface area contributed by atoms with Gasteiger partial charge in [-0.2, -0.15) is 0 Å². The lowest BCUT2D eigenvalue weighted by Gasteiger charge is -2.43. The van der Waals surface area contributed by atoms with Crippen molar-refractivity contribution in [2.24, 2.45) is 0 Å². The monoisotopic (exact) mass is 250 g/mol. The Bertz CT molecular complexity index is 364. The number of nitrogens with one attached hydrogen (secondary N) is 2. The maximum absolute atomic E-state index is 4.23. The highest BCUT2D eigenvalue weighted by Gasteiger charge is 2.33. The third-order valence-corrected chi connectivity index (χ3v) is 4.26. The summed E-state index contributed by atoms with van der Waals surface area (Å²) in [6.07, 6.45) is 8.68. The SMILES string of the molecule is Cc1ncc(CNCC2(N(C)C)CCCCC2)[nH]1. The summed E-state index contributed by atoms with van der Waals surface area (Å²) in [5, 5.41) is 3.59. The smallest absolute Gasteiger partial charge is 0.103 e. The second-order valence-electron chi connectivity index (χ2n) is 5.78. The van der Waals surface area contributed by atoms with Crippen molar-refractivity contribution in [2.45, 2.75) is 51.1 Å². The maximum atomic E-state index is 4.23. The summed E-state index contributed by atoms with van der Waals surface area (Å²) in [6.45, 7) is 3.94. The first-order chi connectivity index (χ1) is 8.62. The molecule has 0 radical (unpaired) electrons. The van der Waals surface area contributed by atoms with Gasteiger partial charge in [-0.25, -0.2) is 4.98 Å². The standard InChI is InChI=1S/C14H26N4/c1-12-16-10-13(17-12)9-15-11-14(18(2)3)7-5-4-6-8-14/h10,15H,4-9,11H2,1-3H3,(H,16,17). The zero-order valence-electron chi connectivity index (χ0n) is 11.9. The van der Waals surface area contributed by atoms with Crippen LogP contribution < -0.4 is 5.32 Å². The quantitative estimate of drug-likeness (QED) is 0.841. The molecule has 0 unspecified atom stereocenters. The van der Waals surface area contributed by atoms with Gasteiger partial charge < -0.3 is 15.2 Å². The van der Waals surface area contributed by atoms with Crippen molar-refractivity contribution in [3.8, 4) is 0 Å². The fourth-order valence-electron chi connectivity index (χ4n) is 2.98. The zero-order valence-corrected chi connectivity index (χ0v) is 11.9.